The van der Waals surface area contributed by atoms with E-state index in [1.165, 1.54) is 11.0 Å². The highest BCUT2D eigenvalue weighted by atomic mass is 32.2. The normalized spacial score (nSPS) is 11.6. The van der Waals surface area contributed by atoms with Crippen LogP contribution in [0.3, 0.4) is 0 Å². The van der Waals surface area contributed by atoms with Crippen LogP contribution in [0.25, 0.3) is 0 Å². The topological polar surface area (TPSA) is 115 Å². The summed E-state index contributed by atoms with van der Waals surface area (Å²) in [5.41, 5.74) is 4.40. The van der Waals surface area contributed by atoms with Crippen molar-refractivity contribution in [3.8, 4) is 0 Å². The standard InChI is InChI=1S/C12H18N6O2S/c1-8-4-10(16-13)5-9(2)12(8)21(19,20)15-6-11-14-7-18(3)17-11/h4-5,7,15-16H,6,13H2,1-3H3. The van der Waals surface area contributed by atoms with Crippen molar-refractivity contribution in [3.05, 3.63) is 35.4 Å². The average molecular weight is 310 g/mol. The third-order valence-corrected chi connectivity index (χ3v) is 4.67. The molecule has 0 saturated heterocycles. The number of aromatic nitrogens is 3. The van der Waals surface area contributed by atoms with Gasteiger partial charge in [-0.1, -0.05) is 0 Å². The molecular weight excluding hydrogens is 292 g/mol. The first-order valence-corrected chi connectivity index (χ1v) is 7.74. The summed E-state index contributed by atoms with van der Waals surface area (Å²) in [6.45, 7) is 3.49. The summed E-state index contributed by atoms with van der Waals surface area (Å²) >= 11 is 0. The van der Waals surface area contributed by atoms with Gasteiger partial charge in [0.25, 0.3) is 0 Å². The van der Waals surface area contributed by atoms with Crippen LogP contribution in [0, 0.1) is 13.8 Å². The third-order valence-electron chi connectivity index (χ3n) is 2.96. The maximum absolute atomic E-state index is 12.4. The molecule has 114 valence electrons. The van der Waals surface area contributed by atoms with E-state index >= 15 is 0 Å². The number of hydrazine groups is 1. The second-order valence-electron chi connectivity index (χ2n) is 4.74. The van der Waals surface area contributed by atoms with Crippen LogP contribution in [0.1, 0.15) is 17.0 Å². The van der Waals surface area contributed by atoms with Crippen molar-refractivity contribution in [2.24, 2.45) is 12.9 Å². The molecule has 0 atom stereocenters. The van der Waals surface area contributed by atoms with Gasteiger partial charge in [-0.05, 0) is 37.1 Å². The number of nitrogens with two attached hydrogens (primary N) is 1. The molecule has 0 radical (unpaired) electrons. The Labute approximate surface area is 123 Å². The molecule has 1 heterocycles. The second kappa shape index (κ2) is 5.80. The van der Waals surface area contributed by atoms with Crippen molar-refractivity contribution in [2.75, 3.05) is 5.43 Å². The van der Waals surface area contributed by atoms with Crippen LogP contribution < -0.4 is 16.0 Å². The van der Waals surface area contributed by atoms with Crippen molar-refractivity contribution in [2.45, 2.75) is 25.3 Å². The fourth-order valence-corrected chi connectivity index (χ4v) is 3.58. The lowest BCUT2D eigenvalue weighted by Crippen LogP contribution is -2.25. The van der Waals surface area contributed by atoms with Crippen molar-refractivity contribution in [1.29, 1.82) is 0 Å². The van der Waals surface area contributed by atoms with Crippen molar-refractivity contribution in [3.63, 3.8) is 0 Å². The Morgan fingerprint density at radius 1 is 1.29 bits per heavy atom. The predicted octanol–water partition coefficient (Wildman–Crippen LogP) is 0.196. The van der Waals surface area contributed by atoms with Gasteiger partial charge in [0.2, 0.25) is 10.0 Å². The summed E-state index contributed by atoms with van der Waals surface area (Å²) in [6.07, 6.45) is 1.52. The smallest absolute Gasteiger partial charge is 0.241 e. The van der Waals surface area contributed by atoms with Gasteiger partial charge < -0.3 is 5.43 Å². The number of rotatable bonds is 5. The van der Waals surface area contributed by atoms with Crippen LogP contribution in [0.15, 0.2) is 23.4 Å². The maximum Gasteiger partial charge on any atom is 0.241 e. The molecule has 0 amide bonds. The largest absolute Gasteiger partial charge is 0.324 e. The molecule has 2 aromatic rings. The molecular formula is C12H18N6O2S. The molecule has 0 bridgehead atoms. The minimum Gasteiger partial charge on any atom is -0.324 e. The molecule has 1 aromatic carbocycles. The molecule has 0 saturated carbocycles. The molecule has 9 heteroatoms. The lowest BCUT2D eigenvalue weighted by atomic mass is 10.1. The zero-order chi connectivity index (χ0) is 15.6. The van der Waals surface area contributed by atoms with Gasteiger partial charge in [-0.25, -0.2) is 18.1 Å². The zero-order valence-corrected chi connectivity index (χ0v) is 12.9. The molecule has 4 N–H and O–H groups in total. The number of nitrogens with one attached hydrogen (secondary N) is 2. The summed E-state index contributed by atoms with van der Waals surface area (Å²) < 4.78 is 28.9. The Hall–Kier alpha value is -1.97. The van der Waals surface area contributed by atoms with Crippen LogP contribution in [-0.4, -0.2) is 23.2 Å². The summed E-state index contributed by atoms with van der Waals surface area (Å²) in [5, 5.41) is 4.03. The monoisotopic (exact) mass is 310 g/mol. The minimum atomic E-state index is -3.64. The van der Waals surface area contributed by atoms with Gasteiger partial charge >= 0.3 is 0 Å². The molecule has 2 rings (SSSR count). The van der Waals surface area contributed by atoms with Crippen molar-refractivity contribution >= 4 is 15.7 Å². The van der Waals surface area contributed by atoms with Crippen LogP contribution in [0.4, 0.5) is 5.69 Å². The van der Waals surface area contributed by atoms with Crippen LogP contribution in [-0.2, 0) is 23.6 Å². The zero-order valence-electron chi connectivity index (χ0n) is 12.1. The van der Waals surface area contributed by atoms with Gasteiger partial charge in [-0.3, -0.25) is 10.5 Å². The van der Waals surface area contributed by atoms with Crippen LogP contribution in [0.2, 0.25) is 0 Å². The van der Waals surface area contributed by atoms with Gasteiger partial charge in [0, 0.05) is 12.7 Å². The van der Waals surface area contributed by atoms with E-state index in [4.69, 9.17) is 5.84 Å². The Kier molecular flexibility index (Phi) is 4.26. The van der Waals surface area contributed by atoms with Gasteiger partial charge in [0.1, 0.15) is 6.33 Å². The summed E-state index contributed by atoms with van der Waals surface area (Å²) in [4.78, 5) is 4.23. The van der Waals surface area contributed by atoms with E-state index in [0.29, 0.717) is 22.6 Å². The quantitative estimate of drug-likeness (QED) is 0.536. The lowest BCUT2D eigenvalue weighted by Gasteiger charge is -2.13. The molecule has 21 heavy (non-hydrogen) atoms. The number of sulfonamides is 1. The highest BCUT2D eigenvalue weighted by molar-refractivity contribution is 7.89. The molecule has 0 aliphatic rings. The van der Waals surface area contributed by atoms with Gasteiger partial charge in [-0.2, -0.15) is 5.10 Å². The maximum atomic E-state index is 12.4. The highest BCUT2D eigenvalue weighted by Crippen LogP contribution is 2.24. The SMILES string of the molecule is Cc1cc(NN)cc(C)c1S(=O)(=O)NCc1ncn(C)n1. The van der Waals surface area contributed by atoms with Crippen LogP contribution >= 0.6 is 0 Å². The number of aryl methyl sites for hydroxylation is 3. The summed E-state index contributed by atoms with van der Waals surface area (Å²) in [7, 11) is -1.92. The Bertz CT molecular complexity index is 730. The van der Waals surface area contributed by atoms with Gasteiger partial charge in [-0.15, -0.1) is 0 Å². The van der Waals surface area contributed by atoms with Gasteiger partial charge in [0.05, 0.1) is 11.4 Å². The number of anilines is 1. The molecule has 0 aliphatic heterocycles. The summed E-state index contributed by atoms with van der Waals surface area (Å²) in [5.74, 6) is 5.76. The molecule has 1 aromatic heterocycles. The number of nitrogens with zero attached hydrogens (tertiary/aromatic N) is 3. The molecule has 0 fully saturated rings. The Morgan fingerprint density at radius 2 is 1.90 bits per heavy atom. The summed E-state index contributed by atoms with van der Waals surface area (Å²) in [6, 6.07) is 3.36. The number of hydrogen-bond acceptors (Lipinski definition) is 6. The molecule has 0 spiro atoms. The minimum absolute atomic E-state index is 0.0406. The highest BCUT2D eigenvalue weighted by Gasteiger charge is 2.20. The first-order chi connectivity index (χ1) is 9.83. The van der Waals surface area contributed by atoms with E-state index in [1.54, 1.807) is 33.0 Å². The third kappa shape index (κ3) is 3.38. The van der Waals surface area contributed by atoms with E-state index in [1.807, 2.05) is 0 Å². The fourth-order valence-electron chi connectivity index (χ4n) is 2.15. The second-order valence-corrected chi connectivity index (χ2v) is 6.45. The van der Waals surface area contributed by atoms with E-state index in [-0.39, 0.29) is 11.4 Å². The van der Waals surface area contributed by atoms with Gasteiger partial charge in [0.15, 0.2) is 5.82 Å². The van der Waals surface area contributed by atoms with E-state index < -0.39 is 10.0 Å². The first-order valence-electron chi connectivity index (χ1n) is 6.25. The molecule has 0 aliphatic carbocycles. The number of nitrogen functional groups attached to an aromatic ring is 1. The molecule has 8 nitrogen and oxygen atoms in total. The first kappa shape index (κ1) is 15.4. The number of benzene rings is 1. The Morgan fingerprint density at radius 3 is 2.38 bits per heavy atom. The van der Waals surface area contributed by atoms with Crippen molar-refractivity contribution < 1.29 is 8.42 Å². The van der Waals surface area contributed by atoms with E-state index in [9.17, 15) is 8.42 Å². The van der Waals surface area contributed by atoms with E-state index in [0.717, 1.165) is 0 Å². The van der Waals surface area contributed by atoms with Crippen molar-refractivity contribution in [1.82, 2.24) is 19.5 Å². The van der Waals surface area contributed by atoms with Crippen LogP contribution in [0.5, 0.6) is 0 Å². The average Bonchev–Trinajstić information content (AvgIpc) is 2.81. The lowest BCUT2D eigenvalue weighted by molar-refractivity contribution is 0.577. The van der Waals surface area contributed by atoms with E-state index in [2.05, 4.69) is 20.2 Å². The number of hydrogen-bond donors (Lipinski definition) is 3. The molecule has 0 unspecified atom stereocenters. The Balaban J connectivity index is 2.27. The fraction of sp³-hybridized carbons (Fsp3) is 0.333. The predicted molar refractivity (Wildman–Crippen MR) is 78.8 cm³/mol.